The van der Waals surface area contributed by atoms with E-state index in [1.54, 1.807) is 17.0 Å². The van der Waals surface area contributed by atoms with Crippen LogP contribution in [0.5, 0.6) is 0 Å². The highest BCUT2D eigenvalue weighted by Gasteiger charge is 2.22. The number of rotatable bonds is 5. The summed E-state index contributed by atoms with van der Waals surface area (Å²) in [6.45, 7) is 8.39. The normalized spacial score (nSPS) is 11.0. The van der Waals surface area contributed by atoms with Crippen LogP contribution in [0, 0.1) is 13.8 Å². The molecular weight excluding hydrogens is 360 g/mol. The zero-order chi connectivity index (χ0) is 19.6. The van der Waals surface area contributed by atoms with Crippen molar-refractivity contribution >= 4 is 17.5 Å². The van der Waals surface area contributed by atoms with Crippen molar-refractivity contribution in [3.8, 4) is 11.3 Å². The summed E-state index contributed by atoms with van der Waals surface area (Å²) in [4.78, 5) is 14.7. The first kappa shape index (κ1) is 19.2. The van der Waals surface area contributed by atoms with Gasteiger partial charge in [0.05, 0.1) is 17.1 Å². The third kappa shape index (κ3) is 4.22. The van der Waals surface area contributed by atoms with Crippen LogP contribution in [0.2, 0.25) is 5.02 Å². The number of carbonyl (C=O) groups excluding carboxylic acids is 1. The number of halogens is 1. The van der Waals surface area contributed by atoms with Crippen molar-refractivity contribution in [1.82, 2.24) is 10.1 Å². The van der Waals surface area contributed by atoms with Gasteiger partial charge in [-0.25, -0.2) is 0 Å². The number of aryl methyl sites for hydroxylation is 2. The maximum atomic E-state index is 13.0. The summed E-state index contributed by atoms with van der Waals surface area (Å²) in [6, 6.07) is 15.2. The predicted octanol–water partition coefficient (Wildman–Crippen LogP) is 5.66. The average Bonchev–Trinajstić information content (AvgIpc) is 3.10. The molecule has 0 bridgehead atoms. The zero-order valence-electron chi connectivity index (χ0n) is 16.0. The Labute approximate surface area is 164 Å². The van der Waals surface area contributed by atoms with Crippen LogP contribution in [-0.2, 0) is 6.54 Å². The molecule has 0 saturated heterocycles. The molecule has 2 aromatic carbocycles. The number of aromatic nitrogens is 1. The van der Waals surface area contributed by atoms with Crippen LogP contribution < -0.4 is 0 Å². The average molecular weight is 383 g/mol. The second kappa shape index (κ2) is 7.97. The van der Waals surface area contributed by atoms with Gasteiger partial charge in [-0.2, -0.15) is 0 Å². The number of hydrogen-bond acceptors (Lipinski definition) is 3. The molecule has 27 heavy (non-hydrogen) atoms. The lowest BCUT2D eigenvalue weighted by atomic mass is 10.0. The molecule has 0 atom stereocenters. The van der Waals surface area contributed by atoms with Gasteiger partial charge in [0.2, 0.25) is 0 Å². The van der Waals surface area contributed by atoms with Gasteiger partial charge in [-0.15, -0.1) is 0 Å². The molecule has 0 radical (unpaired) electrons. The van der Waals surface area contributed by atoms with Crippen LogP contribution in [-0.4, -0.2) is 22.0 Å². The summed E-state index contributed by atoms with van der Waals surface area (Å²) in [5.41, 5.74) is 4.50. The lowest BCUT2D eigenvalue weighted by Gasteiger charge is -2.26. The van der Waals surface area contributed by atoms with Crippen LogP contribution in [0.4, 0.5) is 0 Å². The van der Waals surface area contributed by atoms with E-state index in [0.29, 0.717) is 28.6 Å². The number of hydrogen-bond donors (Lipinski definition) is 0. The Balaban J connectivity index is 1.86. The maximum absolute atomic E-state index is 13.0. The molecule has 0 N–H and O–H groups in total. The topological polar surface area (TPSA) is 46.3 Å². The molecule has 0 aliphatic heterocycles. The van der Waals surface area contributed by atoms with Gasteiger partial charge in [-0.1, -0.05) is 46.6 Å². The molecule has 1 heterocycles. The van der Waals surface area contributed by atoms with Gasteiger partial charge in [0.15, 0.2) is 5.76 Å². The Morgan fingerprint density at radius 3 is 2.59 bits per heavy atom. The highest BCUT2D eigenvalue weighted by atomic mass is 35.5. The van der Waals surface area contributed by atoms with Crippen molar-refractivity contribution in [3.05, 3.63) is 75.9 Å². The molecule has 140 valence electrons. The van der Waals surface area contributed by atoms with Crippen molar-refractivity contribution in [2.75, 3.05) is 0 Å². The fourth-order valence-corrected chi connectivity index (χ4v) is 3.18. The molecule has 0 aliphatic rings. The zero-order valence-corrected chi connectivity index (χ0v) is 16.7. The van der Waals surface area contributed by atoms with Gasteiger partial charge >= 0.3 is 0 Å². The van der Waals surface area contributed by atoms with E-state index < -0.39 is 0 Å². The van der Waals surface area contributed by atoms with Crippen LogP contribution in [0.3, 0.4) is 0 Å². The Morgan fingerprint density at radius 1 is 1.15 bits per heavy atom. The van der Waals surface area contributed by atoms with E-state index in [0.717, 1.165) is 16.7 Å². The number of carbonyl (C=O) groups is 1. The molecule has 4 nitrogen and oxygen atoms in total. The van der Waals surface area contributed by atoms with E-state index in [-0.39, 0.29) is 11.9 Å². The molecule has 0 aliphatic carbocycles. The standard InChI is InChI=1S/C22H23ClN2O2/c1-14(2)25(22(26)18-7-5-6-8-20(18)23)13-17-12-21(27-24-17)19-11-15(3)9-10-16(19)4/h5-12,14H,13H2,1-4H3. The maximum Gasteiger partial charge on any atom is 0.255 e. The monoisotopic (exact) mass is 382 g/mol. The van der Waals surface area contributed by atoms with E-state index in [1.807, 2.05) is 45.9 Å². The molecule has 0 spiro atoms. The molecule has 3 aromatic rings. The molecule has 1 amide bonds. The third-order valence-electron chi connectivity index (χ3n) is 4.54. The second-order valence-corrected chi connectivity index (χ2v) is 7.41. The Bertz CT molecular complexity index is 962. The largest absolute Gasteiger partial charge is 0.356 e. The number of benzene rings is 2. The molecule has 3 rings (SSSR count). The smallest absolute Gasteiger partial charge is 0.255 e. The van der Waals surface area contributed by atoms with Crippen molar-refractivity contribution in [3.63, 3.8) is 0 Å². The van der Waals surface area contributed by atoms with Crippen LogP contribution >= 0.6 is 11.6 Å². The molecule has 5 heteroatoms. The summed E-state index contributed by atoms with van der Waals surface area (Å²) in [5, 5.41) is 4.63. The number of nitrogens with zero attached hydrogens (tertiary/aromatic N) is 2. The molecule has 0 unspecified atom stereocenters. The fourth-order valence-electron chi connectivity index (χ4n) is 2.97. The predicted molar refractivity (Wildman–Crippen MR) is 108 cm³/mol. The van der Waals surface area contributed by atoms with Crippen molar-refractivity contribution in [2.24, 2.45) is 0 Å². The molecule has 0 fully saturated rings. The minimum atomic E-state index is -0.119. The lowest BCUT2D eigenvalue weighted by Crippen LogP contribution is -2.36. The van der Waals surface area contributed by atoms with E-state index in [4.69, 9.17) is 16.1 Å². The first-order valence-corrected chi connectivity index (χ1v) is 9.33. The molecule has 1 aromatic heterocycles. The number of amides is 1. The van der Waals surface area contributed by atoms with E-state index in [1.165, 1.54) is 0 Å². The Morgan fingerprint density at radius 2 is 1.89 bits per heavy atom. The van der Waals surface area contributed by atoms with Crippen molar-refractivity contribution in [1.29, 1.82) is 0 Å². The third-order valence-corrected chi connectivity index (χ3v) is 4.87. The summed E-state index contributed by atoms with van der Waals surface area (Å²) < 4.78 is 5.56. The van der Waals surface area contributed by atoms with Crippen LogP contribution in [0.1, 0.15) is 41.0 Å². The molecular formula is C22H23ClN2O2. The van der Waals surface area contributed by atoms with Gasteiger partial charge < -0.3 is 9.42 Å². The van der Waals surface area contributed by atoms with E-state index >= 15 is 0 Å². The van der Waals surface area contributed by atoms with Crippen LogP contribution in [0.15, 0.2) is 53.1 Å². The van der Waals surface area contributed by atoms with Gasteiger partial charge in [-0.3, -0.25) is 4.79 Å². The van der Waals surface area contributed by atoms with E-state index in [2.05, 4.69) is 23.4 Å². The fraction of sp³-hybridized carbons (Fsp3) is 0.273. The summed E-state index contributed by atoms with van der Waals surface area (Å²) in [7, 11) is 0. The highest BCUT2D eigenvalue weighted by molar-refractivity contribution is 6.33. The van der Waals surface area contributed by atoms with Crippen molar-refractivity contribution < 1.29 is 9.32 Å². The van der Waals surface area contributed by atoms with Gasteiger partial charge in [-0.05, 0) is 51.5 Å². The van der Waals surface area contributed by atoms with Gasteiger partial charge in [0.1, 0.15) is 5.69 Å². The minimum absolute atomic E-state index is 0.00497. The molecule has 0 saturated carbocycles. The van der Waals surface area contributed by atoms with Crippen molar-refractivity contribution in [2.45, 2.75) is 40.3 Å². The lowest BCUT2D eigenvalue weighted by molar-refractivity contribution is 0.0686. The van der Waals surface area contributed by atoms with Gasteiger partial charge in [0.25, 0.3) is 5.91 Å². The summed E-state index contributed by atoms with van der Waals surface area (Å²) in [6.07, 6.45) is 0. The van der Waals surface area contributed by atoms with E-state index in [9.17, 15) is 4.79 Å². The minimum Gasteiger partial charge on any atom is -0.356 e. The summed E-state index contributed by atoms with van der Waals surface area (Å²) in [5.74, 6) is 0.590. The van der Waals surface area contributed by atoms with Gasteiger partial charge in [0, 0.05) is 17.7 Å². The quantitative estimate of drug-likeness (QED) is 0.571. The highest BCUT2D eigenvalue weighted by Crippen LogP contribution is 2.26. The van der Waals surface area contributed by atoms with Crippen LogP contribution in [0.25, 0.3) is 11.3 Å². The first-order valence-electron chi connectivity index (χ1n) is 8.95. The Kier molecular flexibility index (Phi) is 5.66. The summed E-state index contributed by atoms with van der Waals surface area (Å²) >= 11 is 6.21. The Hall–Kier alpha value is -2.59. The SMILES string of the molecule is Cc1ccc(C)c(-c2cc(CN(C(=O)c3ccccc3Cl)C(C)C)no2)c1. The first-order chi connectivity index (χ1) is 12.9. The second-order valence-electron chi connectivity index (χ2n) is 7.01.